The lowest BCUT2D eigenvalue weighted by Gasteiger charge is -2.19. The largest absolute Gasteiger partial charge is 0.296 e. The molecule has 1 aromatic heterocycles. The molecule has 9 heteroatoms. The van der Waals surface area contributed by atoms with Gasteiger partial charge in [-0.15, -0.1) is 10.2 Å². The smallest absolute Gasteiger partial charge is 0.257 e. The van der Waals surface area contributed by atoms with E-state index >= 15 is 0 Å². The molecule has 26 heavy (non-hydrogen) atoms. The number of aryl methyl sites for hydroxylation is 1. The van der Waals surface area contributed by atoms with E-state index in [-0.39, 0.29) is 10.8 Å². The van der Waals surface area contributed by atoms with E-state index in [0.29, 0.717) is 29.3 Å². The Morgan fingerprint density at radius 3 is 2.42 bits per heavy atom. The second-order valence-corrected chi connectivity index (χ2v) is 9.07. The molecule has 0 bridgehead atoms. The zero-order valence-electron chi connectivity index (χ0n) is 15.6. The van der Waals surface area contributed by atoms with Crippen molar-refractivity contribution in [3.05, 3.63) is 34.3 Å². The number of carbonyl (C=O) groups is 1. The lowest BCUT2D eigenvalue weighted by molar-refractivity contribution is 0.102. The van der Waals surface area contributed by atoms with Crippen LogP contribution < -0.4 is 5.32 Å². The number of anilines is 1. The predicted molar refractivity (Wildman–Crippen MR) is 103 cm³/mol. The summed E-state index contributed by atoms with van der Waals surface area (Å²) in [5.74, 6) is -0.173. The highest BCUT2D eigenvalue weighted by Gasteiger charge is 2.23. The number of sulfonamides is 1. The number of aromatic nitrogens is 2. The molecular weight excluding hydrogens is 372 g/mol. The van der Waals surface area contributed by atoms with Crippen molar-refractivity contribution in [3.8, 4) is 0 Å². The summed E-state index contributed by atoms with van der Waals surface area (Å²) in [5, 5.41) is 11.9. The van der Waals surface area contributed by atoms with Gasteiger partial charge in [0.2, 0.25) is 15.2 Å². The van der Waals surface area contributed by atoms with Gasteiger partial charge in [-0.3, -0.25) is 10.1 Å². The average Bonchev–Trinajstić information content (AvgIpc) is 3.04. The lowest BCUT2D eigenvalue weighted by atomic mass is 10.1. The third-order valence-corrected chi connectivity index (χ3v) is 7.14. The Kier molecular flexibility index (Phi) is 6.48. The van der Waals surface area contributed by atoms with E-state index < -0.39 is 15.9 Å². The molecule has 0 saturated heterocycles. The number of hydrogen-bond donors (Lipinski definition) is 1. The number of rotatable bonds is 7. The minimum absolute atomic E-state index is 0.108. The second-order valence-electron chi connectivity index (χ2n) is 6.12. The molecule has 0 saturated carbocycles. The van der Waals surface area contributed by atoms with Crippen LogP contribution in [-0.2, 0) is 10.0 Å². The summed E-state index contributed by atoms with van der Waals surface area (Å²) in [6.07, 6.45) is 0. The molecule has 0 aliphatic carbocycles. The predicted octanol–water partition coefficient (Wildman–Crippen LogP) is 3.25. The van der Waals surface area contributed by atoms with Crippen LogP contribution in [0, 0.1) is 6.92 Å². The van der Waals surface area contributed by atoms with Gasteiger partial charge in [0, 0.05) is 24.6 Å². The van der Waals surface area contributed by atoms with Crippen LogP contribution in [-0.4, -0.2) is 41.9 Å². The molecular formula is C17H24N4O3S2. The fourth-order valence-electron chi connectivity index (χ4n) is 2.40. The van der Waals surface area contributed by atoms with Crippen LogP contribution in [0.3, 0.4) is 0 Å². The van der Waals surface area contributed by atoms with E-state index in [1.165, 1.54) is 27.8 Å². The van der Waals surface area contributed by atoms with Crippen molar-refractivity contribution in [2.75, 3.05) is 18.4 Å². The van der Waals surface area contributed by atoms with E-state index in [1.807, 2.05) is 13.8 Å². The first-order valence-corrected chi connectivity index (χ1v) is 10.7. The topological polar surface area (TPSA) is 92.3 Å². The maximum atomic E-state index is 12.7. The van der Waals surface area contributed by atoms with Gasteiger partial charge in [-0.25, -0.2) is 8.42 Å². The van der Waals surface area contributed by atoms with E-state index in [0.717, 1.165) is 5.01 Å². The lowest BCUT2D eigenvalue weighted by Crippen LogP contribution is -2.30. The third kappa shape index (κ3) is 4.28. The van der Waals surface area contributed by atoms with Crippen LogP contribution in [0.15, 0.2) is 23.1 Å². The van der Waals surface area contributed by atoms with Crippen LogP contribution in [0.25, 0.3) is 0 Å². The van der Waals surface area contributed by atoms with Gasteiger partial charge in [-0.2, -0.15) is 4.31 Å². The maximum absolute atomic E-state index is 12.7. The molecule has 0 atom stereocenters. The Balaban J connectivity index is 2.32. The highest BCUT2D eigenvalue weighted by molar-refractivity contribution is 7.89. The van der Waals surface area contributed by atoms with Gasteiger partial charge in [0.15, 0.2) is 0 Å². The first-order chi connectivity index (χ1) is 12.2. The van der Waals surface area contributed by atoms with E-state index in [9.17, 15) is 13.2 Å². The molecule has 0 radical (unpaired) electrons. The molecule has 0 unspecified atom stereocenters. The minimum Gasteiger partial charge on any atom is -0.296 e. The first-order valence-electron chi connectivity index (χ1n) is 8.46. The highest BCUT2D eigenvalue weighted by Crippen LogP contribution is 2.24. The van der Waals surface area contributed by atoms with Crippen LogP contribution in [0.2, 0.25) is 0 Å². The third-order valence-electron chi connectivity index (χ3n) is 3.95. The molecule has 2 rings (SSSR count). The summed E-state index contributed by atoms with van der Waals surface area (Å²) in [6, 6.07) is 4.59. The molecule has 0 aliphatic rings. The van der Waals surface area contributed by atoms with Gasteiger partial charge >= 0.3 is 0 Å². The zero-order valence-corrected chi connectivity index (χ0v) is 17.2. The van der Waals surface area contributed by atoms with Crippen LogP contribution >= 0.6 is 11.3 Å². The van der Waals surface area contributed by atoms with Gasteiger partial charge in [0.25, 0.3) is 5.91 Å². The molecule has 1 aromatic carbocycles. The van der Waals surface area contributed by atoms with Crippen LogP contribution in [0.5, 0.6) is 0 Å². The average molecular weight is 397 g/mol. The van der Waals surface area contributed by atoms with Gasteiger partial charge < -0.3 is 0 Å². The van der Waals surface area contributed by atoms with Crippen molar-refractivity contribution in [1.29, 1.82) is 0 Å². The summed E-state index contributed by atoms with van der Waals surface area (Å²) < 4.78 is 26.7. The second kappa shape index (κ2) is 8.24. The van der Waals surface area contributed by atoms with Crippen molar-refractivity contribution < 1.29 is 13.2 Å². The number of carbonyl (C=O) groups excluding carboxylic acids is 1. The van der Waals surface area contributed by atoms with Crippen molar-refractivity contribution in [1.82, 2.24) is 14.5 Å². The molecule has 0 fully saturated rings. The van der Waals surface area contributed by atoms with Gasteiger partial charge in [-0.05, 0) is 24.6 Å². The SMILES string of the molecule is CCN(CC)S(=O)(=O)c1ccc(C)c(C(=O)Nc2nnc(C(C)C)s2)c1. The Hall–Kier alpha value is -1.84. The Bertz CT molecular complexity index is 887. The highest BCUT2D eigenvalue weighted by atomic mass is 32.2. The Labute approximate surface area is 158 Å². The minimum atomic E-state index is -3.63. The molecule has 142 valence electrons. The number of nitrogens with zero attached hydrogens (tertiary/aromatic N) is 3. The number of nitrogens with one attached hydrogen (secondary N) is 1. The van der Waals surface area contributed by atoms with Crippen molar-refractivity contribution in [2.45, 2.75) is 45.4 Å². The van der Waals surface area contributed by atoms with Crippen LogP contribution in [0.4, 0.5) is 5.13 Å². The fraction of sp³-hybridized carbons (Fsp3) is 0.471. The molecule has 2 aromatic rings. The Morgan fingerprint density at radius 2 is 1.88 bits per heavy atom. The zero-order chi connectivity index (χ0) is 19.5. The first kappa shape index (κ1) is 20.5. The summed E-state index contributed by atoms with van der Waals surface area (Å²) >= 11 is 1.31. The normalized spacial score (nSPS) is 12.0. The summed E-state index contributed by atoms with van der Waals surface area (Å²) in [4.78, 5) is 12.7. The van der Waals surface area contributed by atoms with Gasteiger partial charge in [-0.1, -0.05) is 45.1 Å². The quantitative estimate of drug-likeness (QED) is 0.775. The maximum Gasteiger partial charge on any atom is 0.257 e. The van der Waals surface area contributed by atoms with Crippen molar-refractivity contribution in [3.63, 3.8) is 0 Å². The van der Waals surface area contributed by atoms with E-state index in [2.05, 4.69) is 15.5 Å². The van der Waals surface area contributed by atoms with E-state index in [4.69, 9.17) is 0 Å². The number of hydrogen-bond acceptors (Lipinski definition) is 6. The molecule has 1 amide bonds. The molecule has 7 nitrogen and oxygen atoms in total. The molecule has 1 heterocycles. The van der Waals surface area contributed by atoms with Gasteiger partial charge in [0.05, 0.1) is 4.90 Å². The van der Waals surface area contributed by atoms with Crippen molar-refractivity contribution >= 4 is 32.4 Å². The summed E-state index contributed by atoms with van der Waals surface area (Å²) in [7, 11) is -3.63. The summed E-state index contributed by atoms with van der Waals surface area (Å²) in [5.41, 5.74) is 0.995. The van der Waals surface area contributed by atoms with Crippen molar-refractivity contribution in [2.24, 2.45) is 0 Å². The molecule has 0 spiro atoms. The Morgan fingerprint density at radius 1 is 1.23 bits per heavy atom. The van der Waals surface area contributed by atoms with E-state index in [1.54, 1.807) is 26.8 Å². The number of benzene rings is 1. The standard InChI is InChI=1S/C17H24N4O3S2/c1-6-21(7-2)26(23,24)13-9-8-12(5)14(10-13)15(22)18-17-20-19-16(25-17)11(3)4/h8-11H,6-7H2,1-5H3,(H,18,20,22). The van der Waals surface area contributed by atoms with Crippen LogP contribution in [0.1, 0.15) is 54.5 Å². The van der Waals surface area contributed by atoms with Gasteiger partial charge in [0.1, 0.15) is 5.01 Å². The molecule has 1 N–H and O–H groups in total. The monoisotopic (exact) mass is 396 g/mol. The number of amides is 1. The molecule has 0 aliphatic heterocycles. The fourth-order valence-corrected chi connectivity index (χ4v) is 4.63. The summed E-state index contributed by atoms with van der Waals surface area (Å²) in [6.45, 7) is 10.1.